The SMILES string of the molecule is C[Si](C)(C)C#CCCC/C=C\C=C\c1ccccc1. The number of unbranched alkanes of at least 4 members (excludes halogenated alkanes) is 2. The van der Waals surface area contributed by atoms with Gasteiger partial charge in [-0.2, -0.15) is 0 Å². The molecule has 0 heterocycles. The molecule has 1 heteroatoms. The van der Waals surface area contributed by atoms with Crippen molar-refractivity contribution in [1.82, 2.24) is 0 Å². The maximum Gasteiger partial charge on any atom is 0.129 e. The molecule has 0 unspecified atom stereocenters. The van der Waals surface area contributed by atoms with Crippen LogP contribution in [-0.2, 0) is 0 Å². The Bertz CT molecular complexity index is 464. The summed E-state index contributed by atoms with van der Waals surface area (Å²) in [5.74, 6) is 3.30. The predicted molar refractivity (Wildman–Crippen MR) is 89.6 cm³/mol. The Kier molecular flexibility index (Phi) is 7.00. The van der Waals surface area contributed by atoms with Gasteiger partial charge in [0.2, 0.25) is 0 Å². The third kappa shape index (κ3) is 9.10. The Hall–Kier alpha value is -1.52. The maximum atomic E-state index is 3.40. The fourth-order valence-corrected chi connectivity index (χ4v) is 2.20. The predicted octanol–water partition coefficient (Wildman–Crippen LogP) is 5.31. The van der Waals surface area contributed by atoms with Gasteiger partial charge in [0.25, 0.3) is 0 Å². The first-order valence-electron chi connectivity index (χ1n) is 6.96. The van der Waals surface area contributed by atoms with Gasteiger partial charge in [0, 0.05) is 6.42 Å². The zero-order valence-electron chi connectivity index (χ0n) is 12.3. The minimum atomic E-state index is -1.17. The highest BCUT2D eigenvalue weighted by Crippen LogP contribution is 2.02. The van der Waals surface area contributed by atoms with Gasteiger partial charge in [0.05, 0.1) is 0 Å². The number of hydrogen-bond acceptors (Lipinski definition) is 0. The van der Waals surface area contributed by atoms with Crippen LogP contribution >= 0.6 is 0 Å². The van der Waals surface area contributed by atoms with Crippen molar-refractivity contribution in [3.8, 4) is 11.5 Å². The first-order valence-corrected chi connectivity index (χ1v) is 10.5. The summed E-state index contributed by atoms with van der Waals surface area (Å²) in [6.45, 7) is 6.86. The normalized spacial score (nSPS) is 11.7. The molecule has 0 saturated heterocycles. The summed E-state index contributed by atoms with van der Waals surface area (Å²) in [4.78, 5) is 0. The van der Waals surface area contributed by atoms with Crippen molar-refractivity contribution in [3.63, 3.8) is 0 Å². The number of rotatable bonds is 5. The average Bonchev–Trinajstić information content (AvgIpc) is 2.37. The van der Waals surface area contributed by atoms with Crippen LogP contribution in [0.4, 0.5) is 0 Å². The molecule has 1 aromatic carbocycles. The van der Waals surface area contributed by atoms with E-state index in [1.165, 1.54) is 5.56 Å². The van der Waals surface area contributed by atoms with E-state index >= 15 is 0 Å². The van der Waals surface area contributed by atoms with E-state index in [0.29, 0.717) is 0 Å². The second-order valence-electron chi connectivity index (χ2n) is 5.64. The molecule has 0 nitrogen and oxygen atoms in total. The molecule has 1 aromatic rings. The second-order valence-corrected chi connectivity index (χ2v) is 10.4. The molecular weight excluding hydrogens is 244 g/mol. The van der Waals surface area contributed by atoms with E-state index in [1.807, 2.05) is 6.07 Å². The molecule has 0 amide bonds. The van der Waals surface area contributed by atoms with Crippen LogP contribution in [0.3, 0.4) is 0 Å². The van der Waals surface area contributed by atoms with Gasteiger partial charge in [-0.15, -0.1) is 11.5 Å². The Morgan fingerprint density at radius 1 is 1.05 bits per heavy atom. The Labute approximate surface area is 119 Å². The van der Waals surface area contributed by atoms with Gasteiger partial charge < -0.3 is 0 Å². The van der Waals surface area contributed by atoms with E-state index in [0.717, 1.165) is 19.3 Å². The van der Waals surface area contributed by atoms with Crippen molar-refractivity contribution in [3.05, 3.63) is 54.1 Å². The number of allylic oxidation sites excluding steroid dienone is 3. The smallest absolute Gasteiger partial charge is 0.129 e. The highest BCUT2D eigenvalue weighted by Gasteiger charge is 2.06. The fraction of sp³-hybridized carbons (Fsp3) is 0.333. The van der Waals surface area contributed by atoms with Crippen molar-refractivity contribution in [1.29, 1.82) is 0 Å². The minimum absolute atomic E-state index is 1.02. The Balaban J connectivity index is 2.18. The molecule has 0 aliphatic rings. The Morgan fingerprint density at radius 3 is 2.47 bits per heavy atom. The zero-order valence-corrected chi connectivity index (χ0v) is 13.3. The van der Waals surface area contributed by atoms with Crippen molar-refractivity contribution in [2.75, 3.05) is 0 Å². The van der Waals surface area contributed by atoms with Gasteiger partial charge in [-0.3, -0.25) is 0 Å². The van der Waals surface area contributed by atoms with Crippen LogP contribution in [0.1, 0.15) is 24.8 Å². The third-order valence-electron chi connectivity index (χ3n) is 2.47. The van der Waals surface area contributed by atoms with Crippen molar-refractivity contribution < 1.29 is 0 Å². The summed E-state index contributed by atoms with van der Waals surface area (Å²) >= 11 is 0. The second kappa shape index (κ2) is 8.56. The summed E-state index contributed by atoms with van der Waals surface area (Å²) < 4.78 is 0. The van der Waals surface area contributed by atoms with Gasteiger partial charge in [-0.05, 0) is 18.4 Å². The molecule has 0 saturated carbocycles. The van der Waals surface area contributed by atoms with Gasteiger partial charge in [0.15, 0.2) is 0 Å². The van der Waals surface area contributed by atoms with E-state index in [1.54, 1.807) is 0 Å². The summed E-state index contributed by atoms with van der Waals surface area (Å²) in [5.41, 5.74) is 4.64. The van der Waals surface area contributed by atoms with Gasteiger partial charge in [-0.25, -0.2) is 0 Å². The van der Waals surface area contributed by atoms with Crippen LogP contribution in [0.2, 0.25) is 19.6 Å². The van der Waals surface area contributed by atoms with E-state index in [2.05, 4.69) is 79.7 Å². The van der Waals surface area contributed by atoms with E-state index in [-0.39, 0.29) is 0 Å². The topological polar surface area (TPSA) is 0 Å². The largest absolute Gasteiger partial charge is 0.132 e. The Morgan fingerprint density at radius 2 is 1.79 bits per heavy atom. The lowest BCUT2D eigenvalue weighted by Crippen LogP contribution is -2.16. The van der Waals surface area contributed by atoms with Gasteiger partial charge in [0.1, 0.15) is 8.07 Å². The lowest BCUT2D eigenvalue weighted by atomic mass is 10.2. The highest BCUT2D eigenvalue weighted by molar-refractivity contribution is 6.83. The number of hydrogen-bond donors (Lipinski definition) is 0. The van der Waals surface area contributed by atoms with E-state index < -0.39 is 8.07 Å². The third-order valence-corrected chi connectivity index (χ3v) is 3.40. The monoisotopic (exact) mass is 268 g/mol. The molecular formula is C18H24Si. The summed E-state index contributed by atoms with van der Waals surface area (Å²) in [5, 5.41) is 0. The summed E-state index contributed by atoms with van der Waals surface area (Å²) in [7, 11) is -1.17. The van der Waals surface area contributed by atoms with Crippen LogP contribution in [0.25, 0.3) is 6.08 Å². The molecule has 0 bridgehead atoms. The van der Waals surface area contributed by atoms with Crippen LogP contribution in [0, 0.1) is 11.5 Å². The molecule has 0 atom stereocenters. The molecule has 0 aromatic heterocycles. The average molecular weight is 268 g/mol. The zero-order chi connectivity index (χ0) is 14.0. The lowest BCUT2D eigenvalue weighted by Gasteiger charge is -2.02. The summed E-state index contributed by atoms with van der Waals surface area (Å²) in [6.07, 6.45) is 11.9. The number of benzene rings is 1. The quantitative estimate of drug-likeness (QED) is 0.294. The molecule has 0 aliphatic heterocycles. The molecule has 100 valence electrons. The van der Waals surface area contributed by atoms with Crippen LogP contribution in [-0.4, -0.2) is 8.07 Å². The summed E-state index contributed by atoms with van der Waals surface area (Å²) in [6, 6.07) is 10.4. The lowest BCUT2D eigenvalue weighted by molar-refractivity contribution is 0.885. The fourth-order valence-electron chi connectivity index (χ4n) is 1.54. The van der Waals surface area contributed by atoms with Crippen LogP contribution in [0.5, 0.6) is 0 Å². The maximum absolute atomic E-state index is 3.40. The molecule has 19 heavy (non-hydrogen) atoms. The standard InChI is InChI=1S/C18H24Si/c1-19(2,3)17-13-8-6-4-5-7-10-14-18-15-11-9-12-16-18/h5,7,9-12,14-16H,4,6,8H2,1-3H3/b7-5-,14-10+. The molecule has 0 spiro atoms. The molecule has 0 fully saturated rings. The van der Waals surface area contributed by atoms with Crippen LogP contribution in [0.15, 0.2) is 48.6 Å². The molecule has 1 rings (SSSR count). The molecule has 0 aliphatic carbocycles. The van der Waals surface area contributed by atoms with Crippen molar-refractivity contribution >= 4 is 14.1 Å². The van der Waals surface area contributed by atoms with Crippen molar-refractivity contribution in [2.45, 2.75) is 38.9 Å². The highest BCUT2D eigenvalue weighted by atomic mass is 28.3. The van der Waals surface area contributed by atoms with Crippen LogP contribution < -0.4 is 0 Å². The first-order chi connectivity index (χ1) is 9.08. The van der Waals surface area contributed by atoms with Gasteiger partial charge >= 0.3 is 0 Å². The first kappa shape index (κ1) is 15.5. The molecule has 0 radical (unpaired) electrons. The van der Waals surface area contributed by atoms with Crippen molar-refractivity contribution in [2.24, 2.45) is 0 Å². The van der Waals surface area contributed by atoms with Gasteiger partial charge in [-0.1, -0.05) is 74.3 Å². The minimum Gasteiger partial charge on any atom is -0.132 e. The van der Waals surface area contributed by atoms with E-state index in [9.17, 15) is 0 Å². The van der Waals surface area contributed by atoms with E-state index in [4.69, 9.17) is 0 Å². The molecule has 0 N–H and O–H groups in total.